The molecule has 166 valence electrons. The van der Waals surface area contributed by atoms with E-state index < -0.39 is 11.8 Å². The molecular formula is C23H21BrN2O5S. The van der Waals surface area contributed by atoms with Crippen molar-refractivity contribution in [1.82, 2.24) is 5.32 Å². The van der Waals surface area contributed by atoms with Crippen molar-refractivity contribution in [2.45, 2.75) is 6.92 Å². The van der Waals surface area contributed by atoms with E-state index in [-0.39, 0.29) is 10.7 Å². The number of amides is 2. The molecule has 1 fully saturated rings. The molecule has 1 heterocycles. The van der Waals surface area contributed by atoms with Gasteiger partial charge in [0.25, 0.3) is 11.8 Å². The number of hydrogen-bond acceptors (Lipinski definition) is 6. The third-order valence-corrected chi connectivity index (χ3v) is 5.27. The van der Waals surface area contributed by atoms with Crippen molar-refractivity contribution in [3.05, 3.63) is 64.7 Å². The van der Waals surface area contributed by atoms with Gasteiger partial charge in [0.15, 0.2) is 16.6 Å². The highest BCUT2D eigenvalue weighted by Gasteiger charge is 2.34. The zero-order chi connectivity index (χ0) is 23.3. The molecule has 1 saturated heterocycles. The lowest BCUT2D eigenvalue weighted by atomic mass is 10.1. The van der Waals surface area contributed by atoms with Crippen LogP contribution < -0.4 is 24.4 Å². The van der Waals surface area contributed by atoms with Crippen LogP contribution in [0.2, 0.25) is 0 Å². The lowest BCUT2D eigenvalue weighted by Gasteiger charge is -2.29. The predicted octanol–water partition coefficient (Wildman–Crippen LogP) is 4.25. The molecule has 0 radical (unpaired) electrons. The van der Waals surface area contributed by atoms with Crippen molar-refractivity contribution in [2.75, 3.05) is 25.2 Å². The first-order valence-electron chi connectivity index (χ1n) is 9.65. The minimum absolute atomic E-state index is 0.00210. The molecule has 0 aromatic heterocycles. The second-order valence-electron chi connectivity index (χ2n) is 6.52. The number of halogens is 1. The van der Waals surface area contributed by atoms with Crippen LogP contribution in [-0.2, 0) is 9.59 Å². The summed E-state index contributed by atoms with van der Waals surface area (Å²) in [5.74, 6) is 0.388. The summed E-state index contributed by atoms with van der Waals surface area (Å²) in [5, 5.41) is 2.57. The van der Waals surface area contributed by atoms with E-state index in [1.807, 2.05) is 6.92 Å². The number of nitrogens with zero attached hydrogens (tertiary/aromatic N) is 1. The predicted molar refractivity (Wildman–Crippen MR) is 130 cm³/mol. The third-order valence-electron chi connectivity index (χ3n) is 4.40. The maximum atomic E-state index is 13.3. The van der Waals surface area contributed by atoms with Gasteiger partial charge in [-0.3, -0.25) is 19.8 Å². The molecule has 32 heavy (non-hydrogen) atoms. The largest absolute Gasteiger partial charge is 0.494 e. The number of benzene rings is 2. The number of carbonyl (C=O) groups is 2. The normalized spacial score (nSPS) is 14.9. The number of anilines is 1. The van der Waals surface area contributed by atoms with E-state index in [0.717, 1.165) is 0 Å². The highest BCUT2D eigenvalue weighted by molar-refractivity contribution is 9.10. The molecule has 0 aliphatic carbocycles. The standard InChI is InChI=1S/C23H21BrN2O5S/c1-4-9-31-20-18(24)11-14(12-19(20)29-3)10-17-21(27)25-23(32)26(22(17)28)15-7-6-8-16(13-15)30-5-2/h4,6-8,10-13H,1,5,9H2,2-3H3,(H,25,27,32). The Bertz CT molecular complexity index is 1120. The summed E-state index contributed by atoms with van der Waals surface area (Å²) in [7, 11) is 1.50. The quantitative estimate of drug-likeness (QED) is 0.244. The summed E-state index contributed by atoms with van der Waals surface area (Å²) in [6, 6.07) is 10.3. The SMILES string of the molecule is C=CCOc1c(Br)cc(C=C2C(=O)NC(=S)N(c3cccc(OCC)c3)C2=O)cc1OC. The van der Waals surface area contributed by atoms with Gasteiger partial charge in [0.2, 0.25) is 0 Å². The number of thiocarbonyl (C=S) groups is 1. The van der Waals surface area contributed by atoms with E-state index in [1.165, 1.54) is 18.1 Å². The number of ether oxygens (including phenoxy) is 3. The topological polar surface area (TPSA) is 77.1 Å². The lowest BCUT2D eigenvalue weighted by Crippen LogP contribution is -2.54. The van der Waals surface area contributed by atoms with Gasteiger partial charge in [-0.1, -0.05) is 18.7 Å². The minimum Gasteiger partial charge on any atom is -0.494 e. The number of methoxy groups -OCH3 is 1. The monoisotopic (exact) mass is 516 g/mol. The fourth-order valence-corrected chi connectivity index (χ4v) is 3.90. The Balaban J connectivity index is 2.00. The van der Waals surface area contributed by atoms with Gasteiger partial charge in [-0.25, -0.2) is 0 Å². The average Bonchev–Trinajstić information content (AvgIpc) is 2.76. The zero-order valence-corrected chi connectivity index (χ0v) is 19.9. The van der Waals surface area contributed by atoms with Crippen molar-refractivity contribution >= 4 is 56.8 Å². The Hall–Kier alpha value is -3.17. The van der Waals surface area contributed by atoms with Crippen molar-refractivity contribution in [3.8, 4) is 17.2 Å². The van der Waals surface area contributed by atoms with E-state index in [0.29, 0.717) is 46.2 Å². The summed E-state index contributed by atoms with van der Waals surface area (Å²) in [6.07, 6.45) is 3.09. The van der Waals surface area contributed by atoms with Gasteiger partial charge in [0, 0.05) is 6.07 Å². The van der Waals surface area contributed by atoms with Crippen LogP contribution in [0, 0.1) is 0 Å². The van der Waals surface area contributed by atoms with Crippen LogP contribution in [0.5, 0.6) is 17.2 Å². The first-order valence-corrected chi connectivity index (χ1v) is 10.8. The Morgan fingerprint density at radius 1 is 1.22 bits per heavy atom. The minimum atomic E-state index is -0.584. The van der Waals surface area contributed by atoms with Crippen molar-refractivity contribution in [2.24, 2.45) is 0 Å². The Morgan fingerprint density at radius 2 is 2.00 bits per heavy atom. The number of nitrogens with one attached hydrogen (secondary N) is 1. The highest BCUT2D eigenvalue weighted by Crippen LogP contribution is 2.37. The maximum Gasteiger partial charge on any atom is 0.270 e. The van der Waals surface area contributed by atoms with Crippen LogP contribution in [-0.4, -0.2) is 37.3 Å². The summed E-state index contributed by atoms with van der Waals surface area (Å²) < 4.78 is 17.1. The molecule has 1 aliphatic heterocycles. The molecule has 0 atom stereocenters. The maximum absolute atomic E-state index is 13.3. The average molecular weight is 517 g/mol. The Labute approximate surface area is 199 Å². The van der Waals surface area contributed by atoms with Crippen molar-refractivity contribution in [1.29, 1.82) is 0 Å². The van der Waals surface area contributed by atoms with Crippen LogP contribution in [0.4, 0.5) is 5.69 Å². The van der Waals surface area contributed by atoms with E-state index in [4.69, 9.17) is 26.4 Å². The Kier molecular flexibility index (Phi) is 7.66. The summed E-state index contributed by atoms with van der Waals surface area (Å²) in [4.78, 5) is 27.1. The number of hydrogen-bond donors (Lipinski definition) is 1. The summed E-state index contributed by atoms with van der Waals surface area (Å²) in [6.45, 7) is 6.27. The van der Waals surface area contributed by atoms with E-state index in [2.05, 4.69) is 27.8 Å². The van der Waals surface area contributed by atoms with Gasteiger partial charge in [0.05, 0.1) is 23.9 Å². The van der Waals surface area contributed by atoms with Crippen LogP contribution in [0.1, 0.15) is 12.5 Å². The number of rotatable bonds is 8. The van der Waals surface area contributed by atoms with Crippen LogP contribution >= 0.6 is 28.1 Å². The first kappa shape index (κ1) is 23.5. The van der Waals surface area contributed by atoms with Crippen molar-refractivity contribution in [3.63, 3.8) is 0 Å². The second-order valence-corrected chi connectivity index (χ2v) is 7.76. The van der Waals surface area contributed by atoms with Crippen LogP contribution in [0.15, 0.2) is 59.1 Å². The lowest BCUT2D eigenvalue weighted by molar-refractivity contribution is -0.122. The smallest absolute Gasteiger partial charge is 0.270 e. The summed E-state index contributed by atoms with van der Waals surface area (Å²) in [5.41, 5.74) is 0.979. The van der Waals surface area contributed by atoms with Crippen molar-refractivity contribution < 1.29 is 23.8 Å². The molecule has 9 heteroatoms. The van der Waals surface area contributed by atoms with Gasteiger partial charge in [-0.05, 0) is 71.0 Å². The van der Waals surface area contributed by atoms with Gasteiger partial charge in [-0.15, -0.1) is 0 Å². The first-order chi connectivity index (χ1) is 15.4. The molecule has 0 unspecified atom stereocenters. The zero-order valence-electron chi connectivity index (χ0n) is 17.5. The molecule has 7 nitrogen and oxygen atoms in total. The molecule has 2 amide bonds. The van der Waals surface area contributed by atoms with Gasteiger partial charge in [0.1, 0.15) is 17.9 Å². The molecule has 1 aliphatic rings. The third kappa shape index (κ3) is 5.00. The van der Waals surface area contributed by atoms with Crippen LogP contribution in [0.25, 0.3) is 6.08 Å². The van der Waals surface area contributed by atoms with Gasteiger partial charge in [-0.2, -0.15) is 0 Å². The molecular weight excluding hydrogens is 496 g/mol. The molecule has 2 aromatic rings. The van der Waals surface area contributed by atoms with E-state index in [1.54, 1.807) is 42.5 Å². The molecule has 1 N–H and O–H groups in total. The summed E-state index contributed by atoms with van der Waals surface area (Å²) >= 11 is 8.71. The Morgan fingerprint density at radius 3 is 2.69 bits per heavy atom. The van der Waals surface area contributed by atoms with E-state index >= 15 is 0 Å². The fourth-order valence-electron chi connectivity index (χ4n) is 3.04. The molecule has 0 bridgehead atoms. The molecule has 0 saturated carbocycles. The molecule has 3 rings (SSSR count). The highest BCUT2D eigenvalue weighted by atomic mass is 79.9. The fraction of sp³-hybridized carbons (Fsp3) is 0.174. The molecule has 2 aromatic carbocycles. The van der Waals surface area contributed by atoms with E-state index in [9.17, 15) is 9.59 Å². The number of carbonyl (C=O) groups excluding carboxylic acids is 2. The second kappa shape index (κ2) is 10.4. The van der Waals surface area contributed by atoms with Crippen LogP contribution in [0.3, 0.4) is 0 Å². The van der Waals surface area contributed by atoms with Gasteiger partial charge < -0.3 is 14.2 Å². The van der Waals surface area contributed by atoms with Gasteiger partial charge >= 0.3 is 0 Å². The molecule has 0 spiro atoms.